The van der Waals surface area contributed by atoms with Crippen molar-refractivity contribution >= 4 is 21.7 Å². The Morgan fingerprint density at radius 3 is 2.84 bits per heavy atom. The van der Waals surface area contributed by atoms with Crippen molar-refractivity contribution < 1.29 is 4.79 Å². The molecule has 1 N–H and O–H groups in total. The molecule has 1 unspecified atom stereocenters. The van der Waals surface area contributed by atoms with Crippen molar-refractivity contribution in [1.29, 1.82) is 0 Å². The summed E-state index contributed by atoms with van der Waals surface area (Å²) in [5, 5.41) is 7.78. The van der Waals surface area contributed by atoms with Gasteiger partial charge < -0.3 is 5.32 Å². The third-order valence-corrected chi connectivity index (χ3v) is 5.02. The molecule has 0 bridgehead atoms. The highest BCUT2D eigenvalue weighted by Gasteiger charge is 2.35. The Bertz CT molecular complexity index is 475. The van der Waals surface area contributed by atoms with E-state index in [4.69, 9.17) is 0 Å². The summed E-state index contributed by atoms with van der Waals surface area (Å²) in [4.78, 5) is 12.6. The van der Waals surface area contributed by atoms with Crippen LogP contribution in [0.3, 0.4) is 0 Å². The molecule has 2 rings (SSSR count). The van der Waals surface area contributed by atoms with Gasteiger partial charge in [0.1, 0.15) is 5.78 Å². The lowest BCUT2D eigenvalue weighted by atomic mass is 9.77. The second-order valence-electron chi connectivity index (χ2n) is 5.63. The third-order valence-electron chi connectivity index (χ3n) is 4.10. The van der Waals surface area contributed by atoms with E-state index in [1.165, 1.54) is 0 Å². The molecule has 2 heterocycles. The van der Waals surface area contributed by atoms with E-state index in [9.17, 15) is 4.79 Å². The number of nitrogens with zero attached hydrogens (tertiary/aromatic N) is 2. The molecule has 5 heteroatoms. The summed E-state index contributed by atoms with van der Waals surface area (Å²) in [6.45, 7) is 5.97. The van der Waals surface area contributed by atoms with Gasteiger partial charge in [-0.1, -0.05) is 13.8 Å². The first-order valence-electron chi connectivity index (χ1n) is 6.92. The normalized spacial score (nSPS) is 23.6. The van der Waals surface area contributed by atoms with Gasteiger partial charge in [-0.05, 0) is 41.7 Å². The van der Waals surface area contributed by atoms with Crippen LogP contribution in [0, 0.1) is 5.41 Å². The van der Waals surface area contributed by atoms with E-state index in [0.29, 0.717) is 12.2 Å². The number of ketones is 1. The van der Waals surface area contributed by atoms with Gasteiger partial charge in [-0.25, -0.2) is 0 Å². The molecule has 106 valence electrons. The highest BCUT2D eigenvalue weighted by molar-refractivity contribution is 9.10. The topological polar surface area (TPSA) is 46.9 Å². The standard InChI is InChI=1S/C14H22BrN3O/c1-4-10-13(15)11(18(3)17-10)8-12(19)14(2)6-5-7-16-9-14/h16H,4-9H2,1-3H3. The van der Waals surface area contributed by atoms with Gasteiger partial charge in [0.25, 0.3) is 0 Å². The Labute approximate surface area is 123 Å². The predicted octanol–water partition coefficient (Wildman–Crippen LogP) is 2.25. The van der Waals surface area contributed by atoms with E-state index in [1.807, 2.05) is 11.7 Å². The minimum Gasteiger partial charge on any atom is -0.316 e. The fraction of sp³-hybridized carbons (Fsp3) is 0.714. The largest absolute Gasteiger partial charge is 0.316 e. The molecule has 19 heavy (non-hydrogen) atoms. The summed E-state index contributed by atoms with van der Waals surface area (Å²) in [7, 11) is 1.91. The highest BCUT2D eigenvalue weighted by Crippen LogP contribution is 2.30. The zero-order chi connectivity index (χ0) is 14.0. The second kappa shape index (κ2) is 5.75. The maximum Gasteiger partial charge on any atom is 0.145 e. The third kappa shape index (κ3) is 2.92. The van der Waals surface area contributed by atoms with Crippen molar-refractivity contribution in [3.63, 3.8) is 0 Å². The molecule has 0 amide bonds. The molecule has 0 radical (unpaired) electrons. The summed E-state index contributed by atoms with van der Waals surface area (Å²) in [6, 6.07) is 0. The second-order valence-corrected chi connectivity index (χ2v) is 6.42. The van der Waals surface area contributed by atoms with Crippen molar-refractivity contribution in [3.05, 3.63) is 15.9 Å². The van der Waals surface area contributed by atoms with Crippen molar-refractivity contribution in [3.8, 4) is 0 Å². The van der Waals surface area contributed by atoms with Gasteiger partial charge >= 0.3 is 0 Å². The van der Waals surface area contributed by atoms with Gasteiger partial charge in [0.05, 0.1) is 22.3 Å². The highest BCUT2D eigenvalue weighted by atomic mass is 79.9. The van der Waals surface area contributed by atoms with Crippen LogP contribution >= 0.6 is 15.9 Å². The van der Waals surface area contributed by atoms with Gasteiger partial charge in [-0.2, -0.15) is 5.10 Å². The Balaban J connectivity index is 2.16. The van der Waals surface area contributed by atoms with Gasteiger partial charge in [0, 0.05) is 19.0 Å². The predicted molar refractivity (Wildman–Crippen MR) is 79.2 cm³/mol. The molecule has 1 fully saturated rings. The van der Waals surface area contributed by atoms with Gasteiger partial charge in [0.2, 0.25) is 0 Å². The summed E-state index contributed by atoms with van der Waals surface area (Å²) >= 11 is 3.58. The van der Waals surface area contributed by atoms with Crippen LogP contribution in [0.1, 0.15) is 38.1 Å². The van der Waals surface area contributed by atoms with E-state index < -0.39 is 0 Å². The lowest BCUT2D eigenvalue weighted by Crippen LogP contribution is -2.44. The zero-order valence-corrected chi connectivity index (χ0v) is 13.5. The maximum atomic E-state index is 12.6. The molecule has 1 aliphatic rings. The Morgan fingerprint density at radius 2 is 2.32 bits per heavy atom. The molecule has 1 aromatic heterocycles. The number of hydrogen-bond acceptors (Lipinski definition) is 3. The molecule has 4 nitrogen and oxygen atoms in total. The Morgan fingerprint density at radius 1 is 1.58 bits per heavy atom. The van der Waals surface area contributed by atoms with Crippen molar-refractivity contribution in [2.24, 2.45) is 12.5 Å². The number of piperidine rings is 1. The number of hydrogen-bond donors (Lipinski definition) is 1. The summed E-state index contributed by atoms with van der Waals surface area (Å²) < 4.78 is 2.83. The molecule has 0 aromatic carbocycles. The lowest BCUT2D eigenvalue weighted by Gasteiger charge is -2.32. The number of halogens is 1. The van der Waals surface area contributed by atoms with E-state index in [-0.39, 0.29) is 5.41 Å². The SMILES string of the molecule is CCc1nn(C)c(CC(=O)C2(C)CCCNC2)c1Br. The number of rotatable bonds is 4. The number of Topliss-reactive ketones (excluding diaryl/α,β-unsaturated/α-hetero) is 1. The number of aryl methyl sites for hydroxylation is 2. The molecular weight excluding hydrogens is 306 g/mol. The summed E-state index contributed by atoms with van der Waals surface area (Å²) in [5.74, 6) is 0.311. The van der Waals surface area contributed by atoms with Crippen LogP contribution in [-0.4, -0.2) is 28.7 Å². The van der Waals surface area contributed by atoms with Crippen LogP contribution in [0.15, 0.2) is 4.47 Å². The van der Waals surface area contributed by atoms with Crippen LogP contribution in [-0.2, 0) is 24.7 Å². The van der Waals surface area contributed by atoms with Gasteiger partial charge in [0.15, 0.2) is 0 Å². The molecule has 1 saturated heterocycles. The smallest absolute Gasteiger partial charge is 0.145 e. The molecular formula is C14H22BrN3O. The van der Waals surface area contributed by atoms with E-state index in [0.717, 1.165) is 48.2 Å². The molecule has 1 aliphatic heterocycles. The minimum absolute atomic E-state index is 0.228. The molecule has 0 aliphatic carbocycles. The quantitative estimate of drug-likeness (QED) is 0.922. The Kier molecular flexibility index (Phi) is 4.46. The van der Waals surface area contributed by atoms with Crippen LogP contribution < -0.4 is 5.32 Å². The van der Waals surface area contributed by atoms with Crippen LogP contribution in [0.25, 0.3) is 0 Å². The lowest BCUT2D eigenvalue weighted by molar-refractivity contribution is -0.128. The zero-order valence-electron chi connectivity index (χ0n) is 11.9. The number of carbonyl (C=O) groups excluding carboxylic acids is 1. The van der Waals surface area contributed by atoms with Crippen LogP contribution in [0.2, 0.25) is 0 Å². The molecule has 1 aromatic rings. The fourth-order valence-electron chi connectivity index (χ4n) is 2.67. The first kappa shape index (κ1) is 14.7. The first-order chi connectivity index (χ1) is 8.98. The van der Waals surface area contributed by atoms with Crippen molar-refractivity contribution in [1.82, 2.24) is 15.1 Å². The fourth-order valence-corrected chi connectivity index (χ4v) is 3.43. The summed E-state index contributed by atoms with van der Waals surface area (Å²) in [6.07, 6.45) is 3.40. The van der Waals surface area contributed by atoms with Crippen molar-refractivity contribution in [2.45, 2.75) is 39.5 Å². The van der Waals surface area contributed by atoms with E-state index in [1.54, 1.807) is 0 Å². The minimum atomic E-state index is -0.228. The number of nitrogens with one attached hydrogen (secondary N) is 1. The number of aromatic nitrogens is 2. The molecule has 0 saturated carbocycles. The van der Waals surface area contributed by atoms with Gasteiger partial charge in [-0.3, -0.25) is 9.48 Å². The van der Waals surface area contributed by atoms with Crippen molar-refractivity contribution in [2.75, 3.05) is 13.1 Å². The Hall–Kier alpha value is -0.680. The average molecular weight is 328 g/mol. The summed E-state index contributed by atoms with van der Waals surface area (Å²) in [5.41, 5.74) is 1.79. The van der Waals surface area contributed by atoms with Gasteiger partial charge in [-0.15, -0.1) is 0 Å². The average Bonchev–Trinajstić information content (AvgIpc) is 2.67. The van der Waals surface area contributed by atoms with Crippen LogP contribution in [0.5, 0.6) is 0 Å². The number of carbonyl (C=O) groups is 1. The monoisotopic (exact) mass is 327 g/mol. The van der Waals surface area contributed by atoms with Crippen LogP contribution in [0.4, 0.5) is 0 Å². The first-order valence-corrected chi connectivity index (χ1v) is 7.71. The molecule has 1 atom stereocenters. The van der Waals surface area contributed by atoms with E-state index in [2.05, 4.69) is 40.2 Å². The van der Waals surface area contributed by atoms with E-state index >= 15 is 0 Å². The molecule has 0 spiro atoms. The maximum absolute atomic E-state index is 12.6.